The van der Waals surface area contributed by atoms with Crippen molar-refractivity contribution in [1.29, 1.82) is 0 Å². The molecule has 0 radical (unpaired) electrons. The summed E-state index contributed by atoms with van der Waals surface area (Å²) in [6, 6.07) is 3.98. The average Bonchev–Trinajstić information content (AvgIpc) is 2.62. The highest BCUT2D eigenvalue weighted by Gasteiger charge is 2.29. The summed E-state index contributed by atoms with van der Waals surface area (Å²) < 4.78 is 58.4. The van der Waals surface area contributed by atoms with E-state index in [1.54, 1.807) is 6.07 Å². The molecule has 1 saturated carbocycles. The lowest BCUT2D eigenvalue weighted by Crippen LogP contribution is -2.55. The van der Waals surface area contributed by atoms with Crippen molar-refractivity contribution in [3.05, 3.63) is 35.4 Å². The Morgan fingerprint density at radius 2 is 1.89 bits per heavy atom. The highest BCUT2D eigenvalue weighted by Crippen LogP contribution is 2.34. The number of piperidine rings is 1. The van der Waals surface area contributed by atoms with Gasteiger partial charge >= 0.3 is 0 Å². The van der Waals surface area contributed by atoms with Gasteiger partial charge in [0, 0.05) is 12.1 Å². The summed E-state index contributed by atoms with van der Waals surface area (Å²) in [6.45, 7) is 1.33. The van der Waals surface area contributed by atoms with E-state index < -0.39 is 21.7 Å². The van der Waals surface area contributed by atoms with E-state index in [1.807, 2.05) is 0 Å². The van der Waals surface area contributed by atoms with Crippen molar-refractivity contribution in [1.82, 2.24) is 10.0 Å². The van der Waals surface area contributed by atoms with Crippen molar-refractivity contribution in [3.63, 3.8) is 0 Å². The number of hydrogen-bond donors (Lipinski definition) is 2. The van der Waals surface area contributed by atoms with Crippen LogP contribution in [0.4, 0.5) is 8.78 Å². The van der Waals surface area contributed by atoms with Gasteiger partial charge in [-0.15, -0.1) is 0 Å². The van der Waals surface area contributed by atoms with Gasteiger partial charge in [-0.3, -0.25) is 0 Å². The van der Waals surface area contributed by atoms with Gasteiger partial charge in [-0.05, 0) is 68.7 Å². The number of ether oxygens (including phenoxy) is 1. The van der Waals surface area contributed by atoms with Crippen LogP contribution in [-0.2, 0) is 14.8 Å². The Hall–Kier alpha value is -1.09. The molecule has 27 heavy (non-hydrogen) atoms. The van der Waals surface area contributed by atoms with Crippen LogP contribution < -0.4 is 10.0 Å². The van der Waals surface area contributed by atoms with E-state index in [9.17, 15) is 17.2 Å². The average molecular weight is 403 g/mol. The normalized spacial score (nSPS) is 29.6. The molecular formula is C19H28F2N2O3S. The third-order valence-electron chi connectivity index (χ3n) is 5.55. The first kappa shape index (κ1) is 20.6. The Bertz CT molecular complexity index is 736. The van der Waals surface area contributed by atoms with Crippen LogP contribution in [0.25, 0.3) is 0 Å². The summed E-state index contributed by atoms with van der Waals surface area (Å²) in [4.78, 5) is 0. The molecule has 1 aromatic carbocycles. The molecule has 0 aromatic heterocycles. The maximum atomic E-state index is 13.4. The van der Waals surface area contributed by atoms with Crippen molar-refractivity contribution < 1.29 is 21.9 Å². The zero-order valence-electron chi connectivity index (χ0n) is 15.6. The molecule has 2 atom stereocenters. The molecular weight excluding hydrogens is 374 g/mol. The summed E-state index contributed by atoms with van der Waals surface area (Å²) in [5.74, 6) is -1.38. The summed E-state index contributed by atoms with van der Waals surface area (Å²) >= 11 is 0. The molecule has 8 heteroatoms. The molecule has 1 heterocycles. The summed E-state index contributed by atoms with van der Waals surface area (Å²) in [6.07, 6.45) is 6.51. The van der Waals surface area contributed by atoms with E-state index in [-0.39, 0.29) is 24.1 Å². The molecule has 1 aromatic rings. The quantitative estimate of drug-likeness (QED) is 0.768. The largest absolute Gasteiger partial charge is 0.377 e. The maximum absolute atomic E-state index is 13.4. The van der Waals surface area contributed by atoms with Gasteiger partial charge < -0.3 is 10.1 Å². The predicted molar refractivity (Wildman–Crippen MR) is 100 cm³/mol. The SMILES string of the molecule is CS(=O)(=O)N[C@H]1CCCN[C@H]1COC1CCC(c2ccc(F)c(F)c2)CC1. The predicted octanol–water partition coefficient (Wildman–Crippen LogP) is 2.68. The van der Waals surface area contributed by atoms with Gasteiger partial charge in [0.2, 0.25) is 10.0 Å². The lowest BCUT2D eigenvalue weighted by molar-refractivity contribution is 0.00522. The van der Waals surface area contributed by atoms with Crippen LogP contribution in [0.2, 0.25) is 0 Å². The molecule has 0 unspecified atom stereocenters. The Kier molecular flexibility index (Phi) is 6.83. The van der Waals surface area contributed by atoms with Gasteiger partial charge in [-0.2, -0.15) is 0 Å². The first-order valence-corrected chi connectivity index (χ1v) is 11.5. The number of halogens is 2. The van der Waals surface area contributed by atoms with Crippen LogP contribution in [0.15, 0.2) is 18.2 Å². The molecule has 0 amide bonds. The standard InChI is InChI=1S/C19H28F2N2O3S/c1-27(24,25)23-18-3-2-10-22-19(18)12-26-15-7-4-13(5-8-15)14-6-9-16(20)17(21)11-14/h6,9,11,13,15,18-19,22-23H,2-5,7-8,10,12H2,1H3/t13?,15?,18-,19-/m0/s1. The van der Waals surface area contributed by atoms with E-state index in [2.05, 4.69) is 10.0 Å². The van der Waals surface area contributed by atoms with Gasteiger partial charge in [0.15, 0.2) is 11.6 Å². The second kappa shape index (κ2) is 8.94. The third-order valence-corrected chi connectivity index (χ3v) is 6.28. The minimum Gasteiger partial charge on any atom is -0.377 e. The van der Waals surface area contributed by atoms with Crippen LogP contribution in [0.3, 0.4) is 0 Å². The molecule has 1 saturated heterocycles. The van der Waals surface area contributed by atoms with E-state index >= 15 is 0 Å². The van der Waals surface area contributed by atoms with E-state index in [0.29, 0.717) is 6.61 Å². The van der Waals surface area contributed by atoms with Crippen molar-refractivity contribution in [2.45, 2.75) is 62.6 Å². The van der Waals surface area contributed by atoms with Crippen molar-refractivity contribution in [2.75, 3.05) is 19.4 Å². The number of sulfonamides is 1. The smallest absolute Gasteiger partial charge is 0.209 e. The summed E-state index contributed by atoms with van der Waals surface area (Å²) in [7, 11) is -3.25. The summed E-state index contributed by atoms with van der Waals surface area (Å²) in [5.41, 5.74) is 0.846. The molecule has 0 spiro atoms. The fraction of sp³-hybridized carbons (Fsp3) is 0.684. The third kappa shape index (κ3) is 5.94. The Labute approximate surface area is 159 Å². The van der Waals surface area contributed by atoms with Gasteiger partial charge in [-0.25, -0.2) is 21.9 Å². The lowest BCUT2D eigenvalue weighted by Gasteiger charge is -2.35. The first-order chi connectivity index (χ1) is 12.8. The molecule has 5 nitrogen and oxygen atoms in total. The van der Waals surface area contributed by atoms with Crippen LogP contribution in [0, 0.1) is 11.6 Å². The zero-order chi connectivity index (χ0) is 19.4. The monoisotopic (exact) mass is 402 g/mol. The number of nitrogens with one attached hydrogen (secondary N) is 2. The van der Waals surface area contributed by atoms with Crippen molar-refractivity contribution in [3.8, 4) is 0 Å². The number of benzene rings is 1. The minimum atomic E-state index is -3.25. The lowest BCUT2D eigenvalue weighted by atomic mass is 9.82. The number of hydrogen-bond acceptors (Lipinski definition) is 4. The van der Waals surface area contributed by atoms with E-state index in [0.717, 1.165) is 50.6 Å². The topological polar surface area (TPSA) is 67.4 Å². The second-order valence-corrected chi connectivity index (χ2v) is 9.46. The Morgan fingerprint density at radius 3 is 2.56 bits per heavy atom. The second-order valence-electron chi connectivity index (χ2n) is 7.68. The molecule has 152 valence electrons. The van der Waals surface area contributed by atoms with Gasteiger partial charge in [0.05, 0.1) is 19.0 Å². The molecule has 2 fully saturated rings. The highest BCUT2D eigenvalue weighted by molar-refractivity contribution is 7.88. The molecule has 2 N–H and O–H groups in total. The van der Waals surface area contributed by atoms with Crippen molar-refractivity contribution >= 4 is 10.0 Å². The Balaban J connectivity index is 1.48. The fourth-order valence-corrected chi connectivity index (χ4v) is 4.94. The molecule has 1 aliphatic heterocycles. The molecule has 0 bridgehead atoms. The first-order valence-electron chi connectivity index (χ1n) is 9.59. The number of rotatable bonds is 6. The minimum absolute atomic E-state index is 0.0302. The van der Waals surface area contributed by atoms with Crippen LogP contribution in [0.5, 0.6) is 0 Å². The molecule has 1 aliphatic carbocycles. The van der Waals surface area contributed by atoms with Crippen LogP contribution in [0.1, 0.15) is 50.0 Å². The maximum Gasteiger partial charge on any atom is 0.209 e. The van der Waals surface area contributed by atoms with Crippen molar-refractivity contribution in [2.24, 2.45) is 0 Å². The molecule has 3 rings (SSSR count). The van der Waals surface area contributed by atoms with Crippen LogP contribution in [-0.4, -0.2) is 46.0 Å². The van der Waals surface area contributed by atoms with Crippen LogP contribution >= 0.6 is 0 Å². The van der Waals surface area contributed by atoms with Gasteiger partial charge in [-0.1, -0.05) is 6.07 Å². The molecule has 2 aliphatic rings. The Morgan fingerprint density at radius 1 is 1.15 bits per heavy atom. The highest BCUT2D eigenvalue weighted by atomic mass is 32.2. The fourth-order valence-electron chi connectivity index (χ4n) is 4.11. The van der Waals surface area contributed by atoms with E-state index in [4.69, 9.17) is 4.74 Å². The van der Waals surface area contributed by atoms with Gasteiger partial charge in [0.1, 0.15) is 0 Å². The van der Waals surface area contributed by atoms with E-state index in [1.165, 1.54) is 18.4 Å². The zero-order valence-corrected chi connectivity index (χ0v) is 16.4. The van der Waals surface area contributed by atoms with Gasteiger partial charge in [0.25, 0.3) is 0 Å². The summed E-state index contributed by atoms with van der Waals surface area (Å²) in [5, 5.41) is 3.35.